The monoisotopic (exact) mass is 205 g/mol. The smallest absolute Gasteiger partial charge is 0.338 e. The molecule has 0 atom stereocenters. The van der Waals surface area contributed by atoms with Crippen molar-refractivity contribution in [2.24, 2.45) is 0 Å². The minimum atomic E-state index is -1.08. The van der Waals surface area contributed by atoms with Crippen LogP contribution in [0.1, 0.15) is 16.2 Å². The Morgan fingerprint density at radius 3 is 2.87 bits per heavy atom. The van der Waals surface area contributed by atoms with E-state index in [1.54, 1.807) is 6.92 Å². The third-order valence-electron chi connectivity index (χ3n) is 1.77. The molecule has 0 aliphatic rings. The highest BCUT2D eigenvalue weighted by molar-refractivity contribution is 5.93. The van der Waals surface area contributed by atoms with Crippen LogP contribution in [0.2, 0.25) is 0 Å². The zero-order chi connectivity index (χ0) is 10.8. The van der Waals surface area contributed by atoms with Gasteiger partial charge in [0.1, 0.15) is 5.69 Å². The molecule has 0 aromatic carbocycles. The summed E-state index contributed by atoms with van der Waals surface area (Å²) in [6, 6.07) is 2.97. The number of nitrogens with zero attached hydrogens (tertiary/aromatic N) is 3. The summed E-state index contributed by atoms with van der Waals surface area (Å²) >= 11 is 0. The molecule has 2 aromatic heterocycles. The number of pyridine rings is 1. The van der Waals surface area contributed by atoms with Crippen LogP contribution in [0.4, 0.5) is 0 Å². The lowest BCUT2D eigenvalue weighted by atomic mass is 10.2. The molecule has 0 aliphatic heterocycles. The number of carbonyl (C=O) groups is 1. The Morgan fingerprint density at radius 1 is 1.47 bits per heavy atom. The molecule has 0 aliphatic carbocycles. The second-order valence-corrected chi connectivity index (χ2v) is 2.83. The van der Waals surface area contributed by atoms with E-state index >= 15 is 0 Å². The van der Waals surface area contributed by atoms with Crippen LogP contribution in [0, 0.1) is 6.92 Å². The van der Waals surface area contributed by atoms with Crippen molar-refractivity contribution in [3.8, 4) is 11.6 Å². The first-order valence-electron chi connectivity index (χ1n) is 4.17. The van der Waals surface area contributed by atoms with Gasteiger partial charge in [0, 0.05) is 13.1 Å². The van der Waals surface area contributed by atoms with Crippen molar-refractivity contribution in [2.45, 2.75) is 6.92 Å². The molecular weight excluding hydrogens is 198 g/mol. The lowest BCUT2D eigenvalue weighted by Gasteiger charge is -1.98. The second kappa shape index (κ2) is 3.49. The van der Waals surface area contributed by atoms with Crippen LogP contribution >= 0.6 is 0 Å². The van der Waals surface area contributed by atoms with E-state index in [2.05, 4.69) is 15.2 Å². The highest BCUT2D eigenvalue weighted by Gasteiger charge is 2.16. The molecule has 15 heavy (non-hydrogen) atoms. The summed E-state index contributed by atoms with van der Waals surface area (Å²) in [6.45, 7) is 1.62. The lowest BCUT2D eigenvalue weighted by molar-refractivity contribution is 0.0697. The number of aromatic carboxylic acids is 1. The van der Waals surface area contributed by atoms with Gasteiger partial charge >= 0.3 is 5.97 Å². The van der Waals surface area contributed by atoms with Crippen molar-refractivity contribution in [1.29, 1.82) is 0 Å². The van der Waals surface area contributed by atoms with Crippen LogP contribution in [-0.2, 0) is 0 Å². The quantitative estimate of drug-likeness (QED) is 0.790. The van der Waals surface area contributed by atoms with E-state index in [1.165, 1.54) is 18.3 Å². The fourth-order valence-electron chi connectivity index (χ4n) is 1.14. The Labute approximate surface area is 84.6 Å². The third kappa shape index (κ3) is 1.69. The largest absolute Gasteiger partial charge is 0.478 e. The van der Waals surface area contributed by atoms with Crippen molar-refractivity contribution in [3.05, 3.63) is 29.8 Å². The van der Waals surface area contributed by atoms with Crippen LogP contribution in [0.15, 0.2) is 22.7 Å². The molecule has 6 heteroatoms. The standard InChI is InChI=1S/C9H7N3O3/c1-5-11-12-8(15-5)7-6(9(13)14)3-2-4-10-7/h2-4H,1H3,(H,13,14). The predicted molar refractivity (Wildman–Crippen MR) is 49.2 cm³/mol. The van der Waals surface area contributed by atoms with Gasteiger partial charge in [-0.3, -0.25) is 4.98 Å². The predicted octanol–water partition coefficient (Wildman–Crippen LogP) is 1.14. The molecule has 0 spiro atoms. The van der Waals surface area contributed by atoms with Crippen LogP contribution in [-0.4, -0.2) is 26.3 Å². The normalized spacial score (nSPS) is 10.2. The van der Waals surface area contributed by atoms with Crippen molar-refractivity contribution in [2.75, 3.05) is 0 Å². The molecule has 2 heterocycles. The fraction of sp³-hybridized carbons (Fsp3) is 0.111. The van der Waals surface area contributed by atoms with E-state index in [9.17, 15) is 4.79 Å². The van der Waals surface area contributed by atoms with Gasteiger partial charge in [0.25, 0.3) is 5.89 Å². The number of aryl methyl sites for hydroxylation is 1. The summed E-state index contributed by atoms with van der Waals surface area (Å²) in [5.74, 6) is -0.591. The first-order valence-corrected chi connectivity index (χ1v) is 4.17. The molecule has 0 radical (unpaired) electrons. The summed E-state index contributed by atoms with van der Waals surface area (Å²) in [5.41, 5.74) is 0.228. The number of aromatic nitrogens is 3. The molecule has 2 aromatic rings. The molecular formula is C9H7N3O3. The van der Waals surface area contributed by atoms with Crippen LogP contribution in [0.25, 0.3) is 11.6 Å². The number of rotatable bonds is 2. The lowest BCUT2D eigenvalue weighted by Crippen LogP contribution is -2.01. The number of hydrogen-bond donors (Lipinski definition) is 1. The van der Waals surface area contributed by atoms with E-state index in [-0.39, 0.29) is 17.1 Å². The maximum absolute atomic E-state index is 10.9. The molecule has 0 saturated carbocycles. The Bertz CT molecular complexity index is 507. The summed E-state index contributed by atoms with van der Waals surface area (Å²) in [5, 5.41) is 16.2. The van der Waals surface area contributed by atoms with E-state index in [0.29, 0.717) is 5.89 Å². The topological polar surface area (TPSA) is 89.1 Å². The fourth-order valence-corrected chi connectivity index (χ4v) is 1.14. The number of carboxylic acids is 1. The van der Waals surface area contributed by atoms with Gasteiger partial charge in [0.2, 0.25) is 5.89 Å². The summed E-state index contributed by atoms with van der Waals surface area (Å²) in [6.07, 6.45) is 1.47. The van der Waals surface area contributed by atoms with Gasteiger partial charge in [-0.1, -0.05) is 0 Å². The molecule has 0 bridgehead atoms. The van der Waals surface area contributed by atoms with E-state index in [4.69, 9.17) is 9.52 Å². The molecule has 0 saturated heterocycles. The van der Waals surface area contributed by atoms with Crippen molar-refractivity contribution < 1.29 is 14.3 Å². The van der Waals surface area contributed by atoms with Gasteiger partial charge < -0.3 is 9.52 Å². The average Bonchev–Trinajstić information content (AvgIpc) is 2.65. The minimum Gasteiger partial charge on any atom is -0.478 e. The molecule has 0 amide bonds. The maximum atomic E-state index is 10.9. The number of carboxylic acid groups (broad SMARTS) is 1. The molecule has 2 rings (SSSR count). The van der Waals surface area contributed by atoms with Gasteiger partial charge in [0.15, 0.2) is 0 Å². The molecule has 0 fully saturated rings. The highest BCUT2D eigenvalue weighted by Crippen LogP contribution is 2.19. The number of hydrogen-bond acceptors (Lipinski definition) is 5. The second-order valence-electron chi connectivity index (χ2n) is 2.83. The third-order valence-corrected chi connectivity index (χ3v) is 1.77. The Hall–Kier alpha value is -2.24. The first kappa shape index (κ1) is 9.32. The van der Waals surface area contributed by atoms with Gasteiger partial charge in [-0.25, -0.2) is 4.79 Å². The van der Waals surface area contributed by atoms with Gasteiger partial charge in [-0.2, -0.15) is 0 Å². The van der Waals surface area contributed by atoms with Crippen LogP contribution in [0.3, 0.4) is 0 Å². The Morgan fingerprint density at radius 2 is 2.27 bits per heavy atom. The molecule has 76 valence electrons. The SMILES string of the molecule is Cc1nnc(-c2ncccc2C(=O)O)o1. The zero-order valence-electron chi connectivity index (χ0n) is 7.84. The highest BCUT2D eigenvalue weighted by atomic mass is 16.4. The molecule has 6 nitrogen and oxygen atoms in total. The Kier molecular flexibility index (Phi) is 2.17. The summed E-state index contributed by atoms with van der Waals surface area (Å²) in [7, 11) is 0. The maximum Gasteiger partial charge on any atom is 0.338 e. The van der Waals surface area contributed by atoms with Crippen LogP contribution < -0.4 is 0 Å². The van der Waals surface area contributed by atoms with Gasteiger partial charge in [-0.15, -0.1) is 10.2 Å². The van der Waals surface area contributed by atoms with Crippen molar-refractivity contribution in [1.82, 2.24) is 15.2 Å². The van der Waals surface area contributed by atoms with Gasteiger partial charge in [-0.05, 0) is 12.1 Å². The molecule has 1 N–H and O–H groups in total. The first-order chi connectivity index (χ1) is 7.18. The van der Waals surface area contributed by atoms with Crippen molar-refractivity contribution >= 4 is 5.97 Å². The van der Waals surface area contributed by atoms with Crippen molar-refractivity contribution in [3.63, 3.8) is 0 Å². The minimum absolute atomic E-state index is 0.0427. The zero-order valence-corrected chi connectivity index (χ0v) is 7.84. The Balaban J connectivity index is 2.57. The average molecular weight is 205 g/mol. The summed E-state index contributed by atoms with van der Waals surface area (Å²) in [4.78, 5) is 14.8. The van der Waals surface area contributed by atoms with E-state index in [0.717, 1.165) is 0 Å². The summed E-state index contributed by atoms with van der Waals surface area (Å²) < 4.78 is 5.11. The van der Waals surface area contributed by atoms with E-state index in [1.807, 2.05) is 0 Å². The van der Waals surface area contributed by atoms with Gasteiger partial charge in [0.05, 0.1) is 5.56 Å². The van der Waals surface area contributed by atoms with E-state index < -0.39 is 5.97 Å². The molecule has 0 unspecified atom stereocenters. The van der Waals surface area contributed by atoms with Crippen LogP contribution in [0.5, 0.6) is 0 Å².